The van der Waals surface area contributed by atoms with Gasteiger partial charge in [0.2, 0.25) is 11.7 Å². The van der Waals surface area contributed by atoms with E-state index in [1.807, 2.05) is 12.1 Å². The molecule has 3 aromatic carbocycles. The van der Waals surface area contributed by atoms with Gasteiger partial charge in [0.25, 0.3) is 0 Å². The van der Waals surface area contributed by atoms with E-state index in [2.05, 4.69) is 0 Å². The Hall–Kier alpha value is -4.40. The van der Waals surface area contributed by atoms with E-state index >= 15 is 0 Å². The number of amides is 1. The molecule has 0 N–H and O–H groups in total. The summed E-state index contributed by atoms with van der Waals surface area (Å²) in [6.45, 7) is 0.635. The van der Waals surface area contributed by atoms with Crippen molar-refractivity contribution in [1.82, 2.24) is 4.90 Å². The Bertz CT molecular complexity index is 1310. The predicted octanol–water partition coefficient (Wildman–Crippen LogP) is 5.09. The Kier molecular flexibility index (Phi) is 8.81. The second-order valence-corrected chi connectivity index (χ2v) is 8.76. The summed E-state index contributed by atoms with van der Waals surface area (Å²) in [7, 11) is 7.77. The number of hydrogen-bond acceptors (Lipinski definition) is 7. The maximum absolute atomic E-state index is 13.5. The molecule has 1 aliphatic heterocycles. The van der Waals surface area contributed by atoms with Crippen LogP contribution >= 0.6 is 0 Å². The van der Waals surface area contributed by atoms with Crippen LogP contribution in [-0.2, 0) is 11.2 Å². The first kappa shape index (κ1) is 27.6. The molecule has 9 heteroatoms. The van der Waals surface area contributed by atoms with Crippen molar-refractivity contribution in [3.8, 4) is 34.5 Å². The molecule has 1 heterocycles. The van der Waals surface area contributed by atoms with E-state index < -0.39 is 6.04 Å². The quantitative estimate of drug-likeness (QED) is 0.334. The summed E-state index contributed by atoms with van der Waals surface area (Å²) in [5, 5.41) is 0. The normalized spacial score (nSPS) is 14.5. The van der Waals surface area contributed by atoms with Gasteiger partial charge in [0, 0.05) is 12.6 Å². The van der Waals surface area contributed by atoms with E-state index in [-0.39, 0.29) is 18.3 Å². The van der Waals surface area contributed by atoms with E-state index in [9.17, 15) is 9.18 Å². The molecule has 0 spiro atoms. The Labute approximate surface area is 227 Å². The summed E-state index contributed by atoms with van der Waals surface area (Å²) in [6.07, 6.45) is 3.85. The van der Waals surface area contributed by atoms with Crippen LogP contribution in [0.5, 0.6) is 34.5 Å². The highest BCUT2D eigenvalue weighted by molar-refractivity contribution is 5.92. The van der Waals surface area contributed by atoms with Crippen molar-refractivity contribution in [2.45, 2.75) is 12.5 Å². The molecule has 0 fully saturated rings. The van der Waals surface area contributed by atoms with Gasteiger partial charge in [-0.1, -0.05) is 0 Å². The van der Waals surface area contributed by atoms with Gasteiger partial charge in [-0.2, -0.15) is 0 Å². The van der Waals surface area contributed by atoms with Crippen LogP contribution < -0.4 is 28.4 Å². The minimum atomic E-state index is -0.421. The monoisotopic (exact) mass is 537 g/mol. The van der Waals surface area contributed by atoms with E-state index in [0.717, 1.165) is 11.1 Å². The molecule has 0 unspecified atom stereocenters. The van der Waals surface area contributed by atoms with Crippen molar-refractivity contribution >= 4 is 12.0 Å². The number of benzene rings is 3. The van der Waals surface area contributed by atoms with Gasteiger partial charge in [0.05, 0.1) is 41.6 Å². The van der Waals surface area contributed by atoms with Gasteiger partial charge in [-0.05, 0) is 77.7 Å². The largest absolute Gasteiger partial charge is 0.493 e. The molecule has 1 amide bonds. The number of hydrogen-bond donors (Lipinski definition) is 0. The van der Waals surface area contributed by atoms with Crippen LogP contribution in [0.2, 0.25) is 0 Å². The lowest BCUT2D eigenvalue weighted by Crippen LogP contribution is -2.41. The number of ether oxygens (including phenoxy) is 6. The van der Waals surface area contributed by atoms with Crippen molar-refractivity contribution in [3.05, 3.63) is 77.1 Å². The highest BCUT2D eigenvalue weighted by Gasteiger charge is 2.32. The number of nitrogens with zero attached hydrogens (tertiary/aromatic N) is 1. The maximum Gasteiger partial charge on any atom is 0.247 e. The molecular formula is C30H32FNO7. The smallest absolute Gasteiger partial charge is 0.247 e. The van der Waals surface area contributed by atoms with E-state index in [0.29, 0.717) is 53.0 Å². The van der Waals surface area contributed by atoms with Crippen molar-refractivity contribution < 1.29 is 37.6 Å². The van der Waals surface area contributed by atoms with Crippen molar-refractivity contribution in [2.24, 2.45) is 0 Å². The Morgan fingerprint density at radius 1 is 0.872 bits per heavy atom. The van der Waals surface area contributed by atoms with Gasteiger partial charge in [-0.3, -0.25) is 4.79 Å². The van der Waals surface area contributed by atoms with Crippen LogP contribution in [0.25, 0.3) is 6.08 Å². The fourth-order valence-corrected chi connectivity index (χ4v) is 4.64. The van der Waals surface area contributed by atoms with Crippen LogP contribution in [0.4, 0.5) is 4.39 Å². The van der Waals surface area contributed by atoms with Crippen LogP contribution in [0.3, 0.4) is 0 Å². The lowest BCUT2D eigenvalue weighted by molar-refractivity contribution is -0.129. The van der Waals surface area contributed by atoms with Crippen LogP contribution in [0.1, 0.15) is 22.7 Å². The first-order chi connectivity index (χ1) is 18.9. The number of methoxy groups -OCH3 is 5. The van der Waals surface area contributed by atoms with Crippen LogP contribution in [0, 0.1) is 5.82 Å². The van der Waals surface area contributed by atoms with Gasteiger partial charge in [-0.15, -0.1) is 0 Å². The number of halogens is 1. The Balaban J connectivity index is 1.65. The molecular weight excluding hydrogens is 505 g/mol. The fourth-order valence-electron chi connectivity index (χ4n) is 4.64. The maximum atomic E-state index is 13.5. The fraction of sp³-hybridized carbons (Fsp3) is 0.300. The second kappa shape index (κ2) is 12.4. The number of carbonyl (C=O) groups is 1. The van der Waals surface area contributed by atoms with E-state index in [1.165, 1.54) is 39.5 Å². The minimum Gasteiger partial charge on any atom is -0.493 e. The molecule has 206 valence electrons. The lowest BCUT2D eigenvalue weighted by Gasteiger charge is -2.37. The molecule has 0 saturated heterocycles. The van der Waals surface area contributed by atoms with Gasteiger partial charge in [0.15, 0.2) is 23.0 Å². The van der Waals surface area contributed by atoms with E-state index in [4.69, 9.17) is 28.4 Å². The molecule has 1 aliphatic rings. The molecule has 0 bridgehead atoms. The zero-order chi connectivity index (χ0) is 27.9. The minimum absolute atomic E-state index is 0.165. The van der Waals surface area contributed by atoms with Gasteiger partial charge >= 0.3 is 0 Å². The van der Waals surface area contributed by atoms with Crippen LogP contribution in [0.15, 0.2) is 54.6 Å². The summed E-state index contributed by atoms with van der Waals surface area (Å²) < 4.78 is 46.7. The third kappa shape index (κ3) is 6.03. The summed E-state index contributed by atoms with van der Waals surface area (Å²) in [5.41, 5.74) is 2.65. The van der Waals surface area contributed by atoms with Gasteiger partial charge < -0.3 is 33.3 Å². The standard InChI is InChI=1S/C30H32FNO7/c1-34-25-16-20-12-13-32(29(33)11-6-19-14-27(36-3)30(38-5)28(15-19)37-4)24(23(20)17-26(25)35-2)18-39-22-9-7-21(31)8-10-22/h6-11,14-17,24H,12-13,18H2,1-5H3/b11-6+/t24-/m1/s1. The SMILES string of the molecule is COc1cc2c(cc1OC)[C@@H](COc1ccc(F)cc1)N(C(=O)/C=C/c1cc(OC)c(OC)c(OC)c1)CC2. The molecule has 8 nitrogen and oxygen atoms in total. The molecule has 4 rings (SSSR count). The zero-order valence-corrected chi connectivity index (χ0v) is 22.7. The second-order valence-electron chi connectivity index (χ2n) is 8.76. The van der Waals surface area contributed by atoms with Crippen molar-refractivity contribution in [2.75, 3.05) is 48.7 Å². The first-order valence-corrected chi connectivity index (χ1v) is 12.3. The highest BCUT2D eigenvalue weighted by atomic mass is 19.1. The number of fused-ring (bicyclic) bond motifs is 1. The molecule has 0 saturated carbocycles. The third-order valence-electron chi connectivity index (χ3n) is 6.61. The average Bonchev–Trinajstić information content (AvgIpc) is 2.97. The number of rotatable bonds is 10. The summed E-state index contributed by atoms with van der Waals surface area (Å²) in [4.78, 5) is 15.3. The Morgan fingerprint density at radius 3 is 2.08 bits per heavy atom. The van der Waals surface area contributed by atoms with Gasteiger partial charge in [0.1, 0.15) is 18.2 Å². The molecule has 39 heavy (non-hydrogen) atoms. The molecule has 0 aromatic heterocycles. The zero-order valence-electron chi connectivity index (χ0n) is 22.7. The van der Waals surface area contributed by atoms with Crippen molar-refractivity contribution in [3.63, 3.8) is 0 Å². The summed E-state index contributed by atoms with van der Waals surface area (Å²) in [5.74, 6) is 2.59. The topological polar surface area (TPSA) is 75.7 Å². The third-order valence-corrected chi connectivity index (χ3v) is 6.61. The molecule has 0 radical (unpaired) electrons. The number of carbonyl (C=O) groups excluding carboxylic acids is 1. The molecule has 1 atom stereocenters. The van der Waals surface area contributed by atoms with E-state index in [1.54, 1.807) is 49.5 Å². The van der Waals surface area contributed by atoms with Crippen LogP contribution in [-0.4, -0.2) is 59.5 Å². The molecule has 3 aromatic rings. The lowest BCUT2D eigenvalue weighted by atomic mass is 9.92. The predicted molar refractivity (Wildman–Crippen MR) is 145 cm³/mol. The summed E-state index contributed by atoms with van der Waals surface area (Å²) in [6, 6.07) is 12.7. The van der Waals surface area contributed by atoms with Gasteiger partial charge in [-0.25, -0.2) is 4.39 Å². The Morgan fingerprint density at radius 2 is 1.49 bits per heavy atom. The first-order valence-electron chi connectivity index (χ1n) is 12.3. The molecule has 0 aliphatic carbocycles. The van der Waals surface area contributed by atoms with Crippen molar-refractivity contribution in [1.29, 1.82) is 0 Å². The average molecular weight is 538 g/mol. The highest BCUT2D eigenvalue weighted by Crippen LogP contribution is 2.40. The summed E-state index contributed by atoms with van der Waals surface area (Å²) >= 11 is 0.